The number of rotatable bonds is 3. The van der Waals surface area contributed by atoms with Crippen LogP contribution in [0.15, 0.2) is 22.8 Å². The molecule has 4 heteroatoms. The maximum atomic E-state index is 5.81. The summed E-state index contributed by atoms with van der Waals surface area (Å²) in [5, 5.41) is 0. The summed E-state index contributed by atoms with van der Waals surface area (Å²) >= 11 is 9.22. The van der Waals surface area contributed by atoms with E-state index in [9.17, 15) is 0 Å². The molecule has 2 rings (SSSR count). The van der Waals surface area contributed by atoms with E-state index in [2.05, 4.69) is 31.9 Å². The second-order valence-electron chi connectivity index (χ2n) is 4.27. The molecule has 1 aromatic rings. The van der Waals surface area contributed by atoms with Crippen molar-refractivity contribution >= 4 is 33.3 Å². The van der Waals surface area contributed by atoms with Gasteiger partial charge in [0.2, 0.25) is 0 Å². The summed E-state index contributed by atoms with van der Waals surface area (Å²) in [5.74, 6) is 2.59. The first-order chi connectivity index (χ1) is 7.79. The summed E-state index contributed by atoms with van der Waals surface area (Å²) in [6.07, 6.45) is 5.54. The Hall–Kier alpha value is -0.280. The quantitative estimate of drug-likeness (QED) is 0.792. The fourth-order valence-electron chi connectivity index (χ4n) is 2.22. The Morgan fingerprint density at radius 1 is 1.50 bits per heavy atom. The van der Waals surface area contributed by atoms with Crippen LogP contribution in [0.5, 0.6) is 0 Å². The number of nitrogens with zero attached hydrogens (tertiary/aromatic N) is 2. The van der Waals surface area contributed by atoms with Crippen LogP contribution in [0.3, 0.4) is 0 Å². The zero-order chi connectivity index (χ0) is 11.4. The molecular formula is C12H16BrClN2. The van der Waals surface area contributed by atoms with Gasteiger partial charge >= 0.3 is 0 Å². The average molecular weight is 304 g/mol. The van der Waals surface area contributed by atoms with Gasteiger partial charge < -0.3 is 4.90 Å². The smallest absolute Gasteiger partial charge is 0.128 e. The molecule has 2 heterocycles. The Labute approximate surface area is 110 Å². The summed E-state index contributed by atoms with van der Waals surface area (Å²) in [7, 11) is 0. The van der Waals surface area contributed by atoms with Crippen LogP contribution in [0.2, 0.25) is 0 Å². The molecule has 1 atom stereocenters. The SMILES string of the molecule is ClCCC1CCCN(c2ccc(Br)cn2)C1. The van der Waals surface area contributed by atoms with Gasteiger partial charge in [-0.2, -0.15) is 0 Å². The number of hydrogen-bond acceptors (Lipinski definition) is 2. The van der Waals surface area contributed by atoms with Gasteiger partial charge in [-0.05, 0) is 53.2 Å². The highest BCUT2D eigenvalue weighted by atomic mass is 79.9. The molecule has 0 aromatic carbocycles. The summed E-state index contributed by atoms with van der Waals surface area (Å²) in [4.78, 5) is 6.81. The van der Waals surface area contributed by atoms with Gasteiger partial charge in [0.15, 0.2) is 0 Å². The van der Waals surface area contributed by atoms with Gasteiger partial charge in [0.25, 0.3) is 0 Å². The Kier molecular flexibility index (Phi) is 4.47. The summed E-state index contributed by atoms with van der Waals surface area (Å²) in [6.45, 7) is 2.22. The predicted molar refractivity (Wildman–Crippen MR) is 72.2 cm³/mol. The average Bonchev–Trinajstić information content (AvgIpc) is 2.31. The molecular weight excluding hydrogens is 288 g/mol. The van der Waals surface area contributed by atoms with Gasteiger partial charge in [0.05, 0.1) is 0 Å². The Morgan fingerprint density at radius 3 is 3.06 bits per heavy atom. The maximum absolute atomic E-state index is 5.81. The first-order valence-electron chi connectivity index (χ1n) is 5.72. The molecule has 16 heavy (non-hydrogen) atoms. The highest BCUT2D eigenvalue weighted by Gasteiger charge is 2.20. The van der Waals surface area contributed by atoms with Crippen molar-refractivity contribution < 1.29 is 0 Å². The molecule has 2 nitrogen and oxygen atoms in total. The van der Waals surface area contributed by atoms with Crippen molar-refractivity contribution in [3.05, 3.63) is 22.8 Å². The van der Waals surface area contributed by atoms with Gasteiger partial charge in [0, 0.05) is 29.6 Å². The number of hydrogen-bond donors (Lipinski definition) is 0. The van der Waals surface area contributed by atoms with E-state index in [1.165, 1.54) is 12.8 Å². The number of halogens is 2. The monoisotopic (exact) mass is 302 g/mol. The Bertz CT molecular complexity index is 326. The molecule has 0 N–H and O–H groups in total. The molecule has 1 aromatic heterocycles. The van der Waals surface area contributed by atoms with Gasteiger partial charge in [-0.15, -0.1) is 11.6 Å². The largest absolute Gasteiger partial charge is 0.356 e. The third-order valence-corrected chi connectivity index (χ3v) is 3.76. The minimum Gasteiger partial charge on any atom is -0.356 e. The first-order valence-corrected chi connectivity index (χ1v) is 7.05. The minimum atomic E-state index is 0.733. The van der Waals surface area contributed by atoms with Crippen LogP contribution in [0, 0.1) is 5.92 Å². The lowest BCUT2D eigenvalue weighted by Crippen LogP contribution is -2.36. The number of aromatic nitrogens is 1. The van der Waals surface area contributed by atoms with E-state index in [1.54, 1.807) is 0 Å². The maximum Gasteiger partial charge on any atom is 0.128 e. The number of anilines is 1. The molecule has 1 saturated heterocycles. The molecule has 1 unspecified atom stereocenters. The van der Waals surface area contributed by atoms with Crippen molar-refractivity contribution in [1.29, 1.82) is 0 Å². The van der Waals surface area contributed by atoms with E-state index in [0.717, 1.165) is 41.6 Å². The molecule has 0 amide bonds. The van der Waals surface area contributed by atoms with Crippen molar-refractivity contribution in [2.75, 3.05) is 23.9 Å². The molecule has 0 saturated carbocycles. The lowest BCUT2D eigenvalue weighted by molar-refractivity contribution is 0.404. The van der Waals surface area contributed by atoms with E-state index in [4.69, 9.17) is 11.6 Å². The molecule has 1 aliphatic heterocycles. The highest BCUT2D eigenvalue weighted by Crippen LogP contribution is 2.24. The van der Waals surface area contributed by atoms with Crippen LogP contribution in [0.4, 0.5) is 5.82 Å². The summed E-state index contributed by atoms with van der Waals surface area (Å²) in [6, 6.07) is 4.13. The molecule has 0 aliphatic carbocycles. The van der Waals surface area contributed by atoms with Gasteiger partial charge in [0.1, 0.15) is 5.82 Å². The van der Waals surface area contributed by atoms with Crippen LogP contribution < -0.4 is 4.90 Å². The van der Waals surface area contributed by atoms with Crippen LogP contribution >= 0.6 is 27.5 Å². The van der Waals surface area contributed by atoms with Crippen molar-refractivity contribution in [3.63, 3.8) is 0 Å². The summed E-state index contributed by atoms with van der Waals surface area (Å²) < 4.78 is 1.03. The third-order valence-electron chi connectivity index (χ3n) is 3.07. The topological polar surface area (TPSA) is 16.1 Å². The first kappa shape index (κ1) is 12.2. The summed E-state index contributed by atoms with van der Waals surface area (Å²) in [5.41, 5.74) is 0. The molecule has 0 bridgehead atoms. The molecule has 88 valence electrons. The van der Waals surface area contributed by atoms with Crippen molar-refractivity contribution in [1.82, 2.24) is 4.98 Å². The van der Waals surface area contributed by atoms with Crippen LogP contribution in [-0.2, 0) is 0 Å². The molecule has 0 radical (unpaired) electrons. The fourth-order valence-corrected chi connectivity index (χ4v) is 2.76. The van der Waals surface area contributed by atoms with E-state index >= 15 is 0 Å². The van der Waals surface area contributed by atoms with Gasteiger partial charge in [-0.1, -0.05) is 0 Å². The van der Waals surface area contributed by atoms with Crippen molar-refractivity contribution in [3.8, 4) is 0 Å². The van der Waals surface area contributed by atoms with Gasteiger partial charge in [-0.3, -0.25) is 0 Å². The zero-order valence-corrected chi connectivity index (χ0v) is 11.5. The minimum absolute atomic E-state index is 0.733. The number of pyridine rings is 1. The van der Waals surface area contributed by atoms with E-state index in [-0.39, 0.29) is 0 Å². The second kappa shape index (κ2) is 5.87. The third kappa shape index (κ3) is 3.11. The molecule has 1 aliphatic rings. The van der Waals surface area contributed by atoms with Crippen LogP contribution in [-0.4, -0.2) is 24.0 Å². The van der Waals surface area contributed by atoms with E-state index < -0.39 is 0 Å². The lowest BCUT2D eigenvalue weighted by atomic mass is 9.95. The Morgan fingerprint density at radius 2 is 2.38 bits per heavy atom. The molecule has 1 fully saturated rings. The fraction of sp³-hybridized carbons (Fsp3) is 0.583. The Balaban J connectivity index is 2.01. The second-order valence-corrected chi connectivity index (χ2v) is 5.56. The number of alkyl halides is 1. The normalized spacial score (nSPS) is 21.1. The molecule has 0 spiro atoms. The van der Waals surface area contributed by atoms with Gasteiger partial charge in [-0.25, -0.2) is 4.98 Å². The zero-order valence-electron chi connectivity index (χ0n) is 9.20. The van der Waals surface area contributed by atoms with Crippen molar-refractivity contribution in [2.24, 2.45) is 5.92 Å². The lowest BCUT2D eigenvalue weighted by Gasteiger charge is -2.33. The number of piperidine rings is 1. The standard InChI is InChI=1S/C12H16BrClN2/c13-11-3-4-12(15-8-11)16-7-1-2-10(9-16)5-6-14/h3-4,8,10H,1-2,5-7,9H2. The van der Waals surface area contributed by atoms with E-state index in [1.807, 2.05) is 12.3 Å². The highest BCUT2D eigenvalue weighted by molar-refractivity contribution is 9.10. The van der Waals surface area contributed by atoms with Crippen LogP contribution in [0.1, 0.15) is 19.3 Å². The van der Waals surface area contributed by atoms with Crippen LogP contribution in [0.25, 0.3) is 0 Å². The van der Waals surface area contributed by atoms with E-state index in [0.29, 0.717) is 0 Å². The predicted octanol–water partition coefficient (Wildman–Crippen LogP) is 3.69. The van der Waals surface area contributed by atoms with Crippen molar-refractivity contribution in [2.45, 2.75) is 19.3 Å².